The van der Waals surface area contributed by atoms with Crippen molar-refractivity contribution in [2.45, 2.75) is 6.92 Å². The molecule has 0 saturated carbocycles. The van der Waals surface area contributed by atoms with E-state index in [-0.39, 0.29) is 24.7 Å². The van der Waals surface area contributed by atoms with Gasteiger partial charge in [0.1, 0.15) is 11.6 Å². The number of benzene rings is 1. The van der Waals surface area contributed by atoms with Crippen LogP contribution < -0.4 is 10.2 Å². The van der Waals surface area contributed by atoms with Crippen LogP contribution in [0.1, 0.15) is 16.6 Å². The summed E-state index contributed by atoms with van der Waals surface area (Å²) in [6.45, 7) is 1.53. The highest BCUT2D eigenvalue weighted by Crippen LogP contribution is 2.20. The van der Waals surface area contributed by atoms with Gasteiger partial charge < -0.3 is 10.2 Å². The number of nitrogens with zero attached hydrogens (tertiary/aromatic N) is 1. The molecule has 22 heavy (non-hydrogen) atoms. The average molecular weight is 324 g/mol. The van der Waals surface area contributed by atoms with Crippen molar-refractivity contribution in [1.82, 2.24) is 5.32 Å². The molecule has 0 bridgehead atoms. The lowest BCUT2D eigenvalue weighted by molar-refractivity contribution is -0.116. The van der Waals surface area contributed by atoms with E-state index in [0.717, 1.165) is 17.0 Å². The van der Waals surface area contributed by atoms with E-state index < -0.39 is 17.5 Å². The first-order chi connectivity index (χ1) is 10.5. The minimum atomic E-state index is -0.820. The predicted molar refractivity (Wildman–Crippen MR) is 81.0 cm³/mol. The highest BCUT2D eigenvalue weighted by molar-refractivity contribution is 7.12. The van der Waals surface area contributed by atoms with Crippen molar-refractivity contribution in [1.29, 1.82) is 0 Å². The molecule has 1 aromatic heterocycles. The number of thiophene rings is 1. The molecule has 0 unspecified atom stereocenters. The second-order valence-electron chi connectivity index (χ2n) is 4.50. The van der Waals surface area contributed by atoms with Crippen molar-refractivity contribution in [2.24, 2.45) is 0 Å². The largest absolute Gasteiger partial charge is 0.350 e. The molecule has 2 rings (SSSR count). The maximum absolute atomic E-state index is 13.8. The van der Waals surface area contributed by atoms with Crippen LogP contribution >= 0.6 is 11.3 Å². The first-order valence-electron chi connectivity index (χ1n) is 6.54. The number of nitrogens with one attached hydrogen (secondary N) is 1. The minimum Gasteiger partial charge on any atom is -0.350 e. The van der Waals surface area contributed by atoms with Gasteiger partial charge in [-0.15, -0.1) is 11.3 Å². The van der Waals surface area contributed by atoms with Crippen LogP contribution in [0.3, 0.4) is 0 Å². The maximum Gasteiger partial charge on any atom is 0.261 e. The van der Waals surface area contributed by atoms with Gasteiger partial charge in [-0.05, 0) is 23.6 Å². The third-order valence-electron chi connectivity index (χ3n) is 2.95. The fourth-order valence-corrected chi connectivity index (χ4v) is 2.56. The summed E-state index contributed by atoms with van der Waals surface area (Å²) in [5.41, 5.74) is -0.0146. The molecule has 0 atom stereocenters. The van der Waals surface area contributed by atoms with Gasteiger partial charge >= 0.3 is 0 Å². The third kappa shape index (κ3) is 3.88. The van der Waals surface area contributed by atoms with Crippen LogP contribution in [0.4, 0.5) is 14.5 Å². The average Bonchev–Trinajstić information content (AvgIpc) is 2.98. The van der Waals surface area contributed by atoms with Crippen LogP contribution in [0.2, 0.25) is 0 Å². The van der Waals surface area contributed by atoms with Gasteiger partial charge in [0, 0.05) is 26.1 Å². The Morgan fingerprint density at radius 3 is 2.64 bits per heavy atom. The van der Waals surface area contributed by atoms with Crippen molar-refractivity contribution in [3.05, 3.63) is 52.2 Å². The zero-order valence-corrected chi connectivity index (χ0v) is 12.6. The van der Waals surface area contributed by atoms with Gasteiger partial charge in [0.15, 0.2) is 0 Å². The van der Waals surface area contributed by atoms with Crippen molar-refractivity contribution < 1.29 is 18.4 Å². The third-order valence-corrected chi connectivity index (χ3v) is 3.82. The highest BCUT2D eigenvalue weighted by atomic mass is 32.1. The van der Waals surface area contributed by atoms with Crippen LogP contribution in [0, 0.1) is 11.6 Å². The number of anilines is 1. The Balaban J connectivity index is 2.01. The summed E-state index contributed by atoms with van der Waals surface area (Å²) in [6.07, 6.45) is 0. The van der Waals surface area contributed by atoms with Crippen molar-refractivity contribution in [2.75, 3.05) is 18.0 Å². The van der Waals surface area contributed by atoms with Gasteiger partial charge in [-0.3, -0.25) is 9.59 Å². The van der Waals surface area contributed by atoms with Crippen molar-refractivity contribution >= 4 is 28.8 Å². The first kappa shape index (κ1) is 16.1. The lowest BCUT2D eigenvalue weighted by atomic mass is 10.2. The van der Waals surface area contributed by atoms with E-state index >= 15 is 0 Å². The molecule has 1 heterocycles. The smallest absolute Gasteiger partial charge is 0.261 e. The molecule has 2 aromatic rings. The Morgan fingerprint density at radius 2 is 2.05 bits per heavy atom. The van der Waals surface area contributed by atoms with Crippen LogP contribution in [-0.4, -0.2) is 24.9 Å². The lowest BCUT2D eigenvalue weighted by Crippen LogP contribution is -2.37. The minimum absolute atomic E-state index is 0.0146. The van der Waals surface area contributed by atoms with E-state index in [1.165, 1.54) is 24.3 Å². The maximum atomic E-state index is 13.8. The quantitative estimate of drug-likeness (QED) is 0.919. The van der Waals surface area contributed by atoms with Crippen LogP contribution in [0.15, 0.2) is 35.7 Å². The number of carbonyl (C=O) groups excluding carboxylic acids is 2. The van der Waals surface area contributed by atoms with Gasteiger partial charge in [0.2, 0.25) is 5.91 Å². The van der Waals surface area contributed by atoms with Crippen molar-refractivity contribution in [3.8, 4) is 0 Å². The number of hydrogen-bond acceptors (Lipinski definition) is 3. The summed E-state index contributed by atoms with van der Waals surface area (Å²) >= 11 is 1.30. The van der Waals surface area contributed by atoms with Crippen molar-refractivity contribution in [3.63, 3.8) is 0 Å². The fourth-order valence-electron chi connectivity index (χ4n) is 1.92. The second kappa shape index (κ2) is 7.13. The second-order valence-corrected chi connectivity index (χ2v) is 5.45. The molecule has 7 heteroatoms. The Labute approximate surface area is 130 Å². The summed E-state index contributed by atoms with van der Waals surface area (Å²) < 4.78 is 26.7. The molecule has 1 N–H and O–H groups in total. The van der Waals surface area contributed by atoms with Crippen LogP contribution in [0.5, 0.6) is 0 Å². The Kier molecular flexibility index (Phi) is 5.21. The molecule has 0 fully saturated rings. The van der Waals surface area contributed by atoms with E-state index in [9.17, 15) is 18.4 Å². The number of hydrogen-bond donors (Lipinski definition) is 1. The molecule has 2 amide bonds. The molecule has 116 valence electrons. The molecule has 0 radical (unpaired) electrons. The summed E-state index contributed by atoms with van der Waals surface area (Å²) in [6, 6.07) is 6.44. The topological polar surface area (TPSA) is 49.4 Å². The lowest BCUT2D eigenvalue weighted by Gasteiger charge is -2.21. The highest BCUT2D eigenvalue weighted by Gasteiger charge is 2.16. The molecular weight excluding hydrogens is 310 g/mol. The summed E-state index contributed by atoms with van der Waals surface area (Å²) in [4.78, 5) is 25.1. The summed E-state index contributed by atoms with van der Waals surface area (Å²) in [5, 5.41) is 4.43. The van der Waals surface area contributed by atoms with E-state index in [2.05, 4.69) is 5.32 Å². The summed E-state index contributed by atoms with van der Waals surface area (Å²) in [5.74, 6) is -2.18. The van der Waals surface area contributed by atoms with Gasteiger partial charge in [0.05, 0.1) is 10.6 Å². The number of rotatable bonds is 5. The van der Waals surface area contributed by atoms with Gasteiger partial charge in [-0.25, -0.2) is 8.78 Å². The molecule has 1 aromatic carbocycles. The molecular formula is C15H14F2N2O2S. The Morgan fingerprint density at radius 1 is 1.27 bits per heavy atom. The fraction of sp³-hybridized carbons (Fsp3) is 0.200. The summed E-state index contributed by atoms with van der Waals surface area (Å²) in [7, 11) is 0. The Hall–Kier alpha value is -2.28. The molecule has 0 spiro atoms. The van der Waals surface area contributed by atoms with Crippen LogP contribution in [-0.2, 0) is 4.79 Å². The first-order valence-corrected chi connectivity index (χ1v) is 7.42. The van der Waals surface area contributed by atoms with E-state index in [0.29, 0.717) is 4.88 Å². The normalized spacial score (nSPS) is 10.3. The van der Waals surface area contributed by atoms with E-state index in [1.807, 2.05) is 0 Å². The van der Waals surface area contributed by atoms with Gasteiger partial charge in [-0.1, -0.05) is 6.07 Å². The zero-order valence-electron chi connectivity index (χ0n) is 11.8. The standard InChI is InChI=1S/C15H14F2N2O2S/c1-10(20)19(13-5-4-11(16)9-12(13)17)7-6-18-15(21)14-3-2-8-22-14/h2-5,8-9H,6-7H2,1H3,(H,18,21). The molecule has 0 aliphatic carbocycles. The molecule has 0 aliphatic rings. The molecule has 0 aliphatic heterocycles. The zero-order chi connectivity index (χ0) is 16.1. The van der Waals surface area contributed by atoms with Gasteiger partial charge in [0.25, 0.3) is 5.91 Å². The Bertz CT molecular complexity index is 674. The van der Waals surface area contributed by atoms with Crippen LogP contribution in [0.25, 0.3) is 0 Å². The molecule has 4 nitrogen and oxygen atoms in total. The monoisotopic (exact) mass is 324 g/mol. The SMILES string of the molecule is CC(=O)N(CCNC(=O)c1cccs1)c1ccc(F)cc1F. The number of halogens is 2. The van der Waals surface area contributed by atoms with E-state index in [1.54, 1.807) is 17.5 Å². The van der Waals surface area contributed by atoms with E-state index in [4.69, 9.17) is 0 Å². The number of amides is 2. The van der Waals surface area contributed by atoms with Gasteiger partial charge in [-0.2, -0.15) is 0 Å². The molecule has 0 saturated heterocycles. The predicted octanol–water partition coefficient (Wildman–Crippen LogP) is 2.81. The number of carbonyl (C=O) groups is 2.